The van der Waals surface area contributed by atoms with Crippen LogP contribution in [0.4, 0.5) is 5.69 Å². The molecule has 30 heavy (non-hydrogen) atoms. The van der Waals surface area contributed by atoms with E-state index in [4.69, 9.17) is 5.73 Å². The van der Waals surface area contributed by atoms with E-state index < -0.39 is 11.9 Å². The van der Waals surface area contributed by atoms with Crippen LogP contribution in [0.2, 0.25) is 0 Å². The summed E-state index contributed by atoms with van der Waals surface area (Å²) in [5.74, 6) is -0.924. The molecule has 0 radical (unpaired) electrons. The van der Waals surface area contributed by atoms with Crippen LogP contribution in [0.15, 0.2) is 42.5 Å². The topological polar surface area (TPSA) is 125 Å². The lowest BCUT2D eigenvalue weighted by Gasteiger charge is -2.29. The maximum absolute atomic E-state index is 12.9. The molecule has 0 bridgehead atoms. The number of rotatable bonds is 6. The molecule has 2 unspecified atom stereocenters. The normalized spacial score (nSPS) is 19.6. The zero-order valence-electron chi connectivity index (χ0n) is 16.4. The van der Waals surface area contributed by atoms with Gasteiger partial charge in [-0.3, -0.25) is 19.7 Å². The first kappa shape index (κ1) is 20.1. The minimum Gasteiger partial charge on any atom is -0.399 e. The average Bonchev–Trinajstić information content (AvgIpc) is 3.06. The van der Waals surface area contributed by atoms with Crippen molar-refractivity contribution in [1.29, 1.82) is 0 Å². The molecule has 2 aliphatic rings. The SMILES string of the molecule is Nc1cccc(C(CO)NCc2cccc3c2CN(C2CCC(=O)NC2=O)C3=O)c1. The van der Waals surface area contributed by atoms with E-state index in [1.807, 2.05) is 30.3 Å². The van der Waals surface area contributed by atoms with Crippen LogP contribution >= 0.6 is 0 Å². The van der Waals surface area contributed by atoms with E-state index in [1.54, 1.807) is 12.1 Å². The monoisotopic (exact) mass is 408 g/mol. The number of nitrogens with two attached hydrogens (primary N) is 1. The number of aliphatic hydroxyl groups excluding tert-OH is 1. The minimum absolute atomic E-state index is 0.0974. The fourth-order valence-electron chi connectivity index (χ4n) is 4.11. The molecule has 2 atom stereocenters. The number of hydrogen-bond donors (Lipinski definition) is 4. The van der Waals surface area contributed by atoms with Crippen molar-refractivity contribution < 1.29 is 19.5 Å². The smallest absolute Gasteiger partial charge is 0.255 e. The first-order chi connectivity index (χ1) is 14.5. The highest BCUT2D eigenvalue weighted by Crippen LogP contribution is 2.30. The Morgan fingerprint density at radius 3 is 2.73 bits per heavy atom. The lowest BCUT2D eigenvalue weighted by atomic mass is 10.0. The molecule has 1 fully saturated rings. The highest BCUT2D eigenvalue weighted by molar-refractivity contribution is 6.05. The second kappa shape index (κ2) is 8.25. The van der Waals surface area contributed by atoms with Gasteiger partial charge in [-0.2, -0.15) is 0 Å². The number of piperidine rings is 1. The van der Waals surface area contributed by atoms with Crippen molar-refractivity contribution >= 4 is 23.4 Å². The predicted molar refractivity (Wildman–Crippen MR) is 110 cm³/mol. The summed E-state index contributed by atoms with van der Waals surface area (Å²) in [4.78, 5) is 38.1. The Labute approximate surface area is 174 Å². The van der Waals surface area contributed by atoms with Gasteiger partial charge in [-0.05, 0) is 41.3 Å². The van der Waals surface area contributed by atoms with E-state index in [0.29, 0.717) is 30.8 Å². The molecule has 8 heteroatoms. The van der Waals surface area contributed by atoms with Gasteiger partial charge in [0.15, 0.2) is 0 Å². The number of amides is 3. The quantitative estimate of drug-likeness (QED) is 0.415. The third-order valence-electron chi connectivity index (χ3n) is 5.71. The predicted octanol–water partition coefficient (Wildman–Crippen LogP) is 0.853. The Bertz CT molecular complexity index is 1010. The molecular formula is C22H24N4O4. The van der Waals surface area contributed by atoms with Crippen LogP contribution in [0.1, 0.15) is 45.9 Å². The summed E-state index contributed by atoms with van der Waals surface area (Å²) in [7, 11) is 0. The summed E-state index contributed by atoms with van der Waals surface area (Å²) in [6.45, 7) is 0.667. The van der Waals surface area contributed by atoms with E-state index in [2.05, 4.69) is 10.6 Å². The molecule has 0 spiro atoms. The van der Waals surface area contributed by atoms with Crippen LogP contribution in [0, 0.1) is 0 Å². The van der Waals surface area contributed by atoms with Crippen LogP contribution < -0.4 is 16.4 Å². The van der Waals surface area contributed by atoms with Crippen molar-refractivity contribution in [2.24, 2.45) is 0 Å². The van der Waals surface area contributed by atoms with Crippen molar-refractivity contribution in [3.63, 3.8) is 0 Å². The molecule has 2 aromatic rings. The highest BCUT2D eigenvalue weighted by Gasteiger charge is 2.39. The number of fused-ring (bicyclic) bond motifs is 1. The summed E-state index contributed by atoms with van der Waals surface area (Å²) in [5.41, 5.74) is 9.72. The van der Waals surface area contributed by atoms with Gasteiger partial charge in [0.25, 0.3) is 5.91 Å². The van der Waals surface area contributed by atoms with Crippen LogP contribution in [0.25, 0.3) is 0 Å². The lowest BCUT2D eigenvalue weighted by molar-refractivity contribution is -0.136. The summed E-state index contributed by atoms with van der Waals surface area (Å²) < 4.78 is 0. The number of hydrogen-bond acceptors (Lipinski definition) is 6. The Balaban J connectivity index is 1.51. The number of anilines is 1. The Morgan fingerprint density at radius 2 is 2.00 bits per heavy atom. The number of nitrogens with one attached hydrogen (secondary N) is 2. The van der Waals surface area contributed by atoms with Gasteiger partial charge in [-0.25, -0.2) is 0 Å². The van der Waals surface area contributed by atoms with Crippen molar-refractivity contribution in [3.05, 3.63) is 64.7 Å². The number of nitrogens with zero attached hydrogens (tertiary/aromatic N) is 1. The first-order valence-electron chi connectivity index (χ1n) is 9.93. The Kier molecular flexibility index (Phi) is 5.52. The van der Waals surface area contributed by atoms with Gasteiger partial charge in [0, 0.05) is 30.8 Å². The fraction of sp³-hybridized carbons (Fsp3) is 0.318. The number of aliphatic hydroxyl groups is 1. The maximum Gasteiger partial charge on any atom is 0.255 e. The van der Waals surface area contributed by atoms with E-state index in [-0.39, 0.29) is 30.9 Å². The minimum atomic E-state index is -0.638. The zero-order chi connectivity index (χ0) is 21.3. The van der Waals surface area contributed by atoms with Gasteiger partial charge in [0.05, 0.1) is 12.6 Å². The van der Waals surface area contributed by atoms with Crippen LogP contribution in [0.5, 0.6) is 0 Å². The molecule has 4 rings (SSSR count). The first-order valence-corrected chi connectivity index (χ1v) is 9.93. The molecule has 2 aromatic carbocycles. The zero-order valence-corrected chi connectivity index (χ0v) is 16.4. The van der Waals surface area contributed by atoms with Crippen molar-refractivity contribution in [3.8, 4) is 0 Å². The third-order valence-corrected chi connectivity index (χ3v) is 5.71. The second-order valence-corrected chi connectivity index (χ2v) is 7.63. The molecule has 8 nitrogen and oxygen atoms in total. The summed E-state index contributed by atoms with van der Waals surface area (Å²) in [5, 5.41) is 15.4. The van der Waals surface area contributed by atoms with Gasteiger partial charge in [-0.15, -0.1) is 0 Å². The van der Waals surface area contributed by atoms with Gasteiger partial charge >= 0.3 is 0 Å². The van der Waals surface area contributed by atoms with Crippen LogP contribution in [-0.4, -0.2) is 40.4 Å². The van der Waals surface area contributed by atoms with Gasteiger partial charge in [0.2, 0.25) is 11.8 Å². The number of benzene rings is 2. The number of carbonyl (C=O) groups is 3. The molecule has 1 saturated heterocycles. The molecule has 2 aliphatic heterocycles. The largest absolute Gasteiger partial charge is 0.399 e. The highest BCUT2D eigenvalue weighted by atomic mass is 16.3. The molecule has 2 heterocycles. The van der Waals surface area contributed by atoms with E-state index in [1.165, 1.54) is 4.90 Å². The van der Waals surface area contributed by atoms with Gasteiger partial charge in [-0.1, -0.05) is 24.3 Å². The van der Waals surface area contributed by atoms with Crippen LogP contribution in [0.3, 0.4) is 0 Å². The third kappa shape index (κ3) is 3.79. The maximum atomic E-state index is 12.9. The molecule has 156 valence electrons. The van der Waals surface area contributed by atoms with E-state index in [0.717, 1.165) is 16.7 Å². The van der Waals surface area contributed by atoms with Crippen molar-refractivity contribution in [1.82, 2.24) is 15.5 Å². The molecule has 5 N–H and O–H groups in total. The number of imide groups is 1. The number of nitrogen functional groups attached to an aromatic ring is 1. The van der Waals surface area contributed by atoms with Gasteiger partial charge < -0.3 is 21.1 Å². The standard InChI is InChI=1S/C22H24N4O4/c23-15-5-1-3-13(9-15)18(12-27)24-10-14-4-2-6-16-17(14)11-26(22(16)30)19-7-8-20(28)25-21(19)29/h1-6,9,18-19,24,27H,7-8,10-12,23H2,(H,25,28,29). The molecule has 0 aliphatic carbocycles. The Hall–Kier alpha value is -3.23. The van der Waals surface area contributed by atoms with Crippen LogP contribution in [-0.2, 0) is 22.7 Å². The molecule has 3 amide bonds. The second-order valence-electron chi connectivity index (χ2n) is 7.63. The number of carbonyl (C=O) groups excluding carboxylic acids is 3. The summed E-state index contributed by atoms with van der Waals surface area (Å²) in [6.07, 6.45) is 0.559. The van der Waals surface area contributed by atoms with Crippen molar-refractivity contribution in [2.45, 2.75) is 38.0 Å². The lowest BCUT2D eigenvalue weighted by Crippen LogP contribution is -2.52. The van der Waals surface area contributed by atoms with E-state index >= 15 is 0 Å². The molecule has 0 saturated carbocycles. The average molecular weight is 408 g/mol. The Morgan fingerprint density at radius 1 is 1.20 bits per heavy atom. The van der Waals surface area contributed by atoms with E-state index in [9.17, 15) is 19.5 Å². The summed E-state index contributed by atoms with van der Waals surface area (Å²) in [6, 6.07) is 11.9. The van der Waals surface area contributed by atoms with Crippen molar-refractivity contribution in [2.75, 3.05) is 12.3 Å². The molecular weight excluding hydrogens is 384 g/mol. The summed E-state index contributed by atoms with van der Waals surface area (Å²) >= 11 is 0. The van der Waals surface area contributed by atoms with Gasteiger partial charge in [0.1, 0.15) is 6.04 Å². The molecule has 0 aromatic heterocycles. The fourth-order valence-corrected chi connectivity index (χ4v) is 4.11.